The molecular formula is C14H23N. The average Bonchev–Trinajstić information content (AvgIpc) is 2.26. The Morgan fingerprint density at radius 2 is 1.87 bits per heavy atom. The lowest BCUT2D eigenvalue weighted by molar-refractivity contribution is 0.502. The van der Waals surface area contributed by atoms with E-state index in [0.717, 1.165) is 6.54 Å². The van der Waals surface area contributed by atoms with E-state index in [1.165, 1.54) is 31.2 Å². The molecule has 0 aliphatic heterocycles. The molecule has 1 unspecified atom stereocenters. The first kappa shape index (κ1) is 12.3. The van der Waals surface area contributed by atoms with Gasteiger partial charge in [-0.3, -0.25) is 0 Å². The third-order valence-electron chi connectivity index (χ3n) is 2.75. The van der Waals surface area contributed by atoms with E-state index in [-0.39, 0.29) is 0 Å². The quantitative estimate of drug-likeness (QED) is 0.673. The van der Waals surface area contributed by atoms with Crippen molar-refractivity contribution in [3.63, 3.8) is 0 Å². The molecule has 1 heteroatoms. The van der Waals surface area contributed by atoms with Gasteiger partial charge in [-0.15, -0.1) is 0 Å². The first-order valence-corrected chi connectivity index (χ1v) is 6.10. The lowest BCUT2D eigenvalue weighted by Crippen LogP contribution is -2.25. The molecule has 15 heavy (non-hydrogen) atoms. The minimum atomic E-state index is 0.672. The number of benzene rings is 1. The van der Waals surface area contributed by atoms with E-state index >= 15 is 0 Å². The SMILES string of the molecule is CCNC(C)CCCCc1ccccc1. The average molecular weight is 205 g/mol. The highest BCUT2D eigenvalue weighted by Crippen LogP contribution is 2.07. The van der Waals surface area contributed by atoms with Crippen LogP contribution in [0.25, 0.3) is 0 Å². The number of hydrogen-bond acceptors (Lipinski definition) is 1. The van der Waals surface area contributed by atoms with Crippen LogP contribution in [0.3, 0.4) is 0 Å². The second kappa shape index (κ2) is 7.47. The third-order valence-corrected chi connectivity index (χ3v) is 2.75. The smallest absolute Gasteiger partial charge is 0.00386 e. The lowest BCUT2D eigenvalue weighted by Gasteiger charge is -2.11. The van der Waals surface area contributed by atoms with Crippen molar-refractivity contribution in [1.82, 2.24) is 5.32 Å². The normalized spacial score (nSPS) is 12.7. The predicted molar refractivity (Wildman–Crippen MR) is 67.1 cm³/mol. The summed E-state index contributed by atoms with van der Waals surface area (Å²) >= 11 is 0. The molecule has 0 aliphatic carbocycles. The highest BCUT2D eigenvalue weighted by atomic mass is 14.9. The van der Waals surface area contributed by atoms with Gasteiger partial charge >= 0.3 is 0 Å². The Bertz CT molecular complexity index is 243. The van der Waals surface area contributed by atoms with Gasteiger partial charge in [0.15, 0.2) is 0 Å². The molecule has 1 N–H and O–H groups in total. The number of nitrogens with one attached hydrogen (secondary N) is 1. The van der Waals surface area contributed by atoms with Gasteiger partial charge in [0.2, 0.25) is 0 Å². The zero-order valence-electron chi connectivity index (χ0n) is 10.00. The first-order valence-electron chi connectivity index (χ1n) is 6.10. The molecule has 0 saturated carbocycles. The molecule has 0 aliphatic rings. The molecular weight excluding hydrogens is 182 g/mol. The van der Waals surface area contributed by atoms with Crippen molar-refractivity contribution >= 4 is 0 Å². The molecule has 1 rings (SSSR count). The fourth-order valence-corrected chi connectivity index (χ4v) is 1.87. The van der Waals surface area contributed by atoms with E-state index in [2.05, 4.69) is 49.5 Å². The molecule has 1 aromatic carbocycles. The number of hydrogen-bond donors (Lipinski definition) is 1. The Morgan fingerprint density at radius 3 is 2.53 bits per heavy atom. The fraction of sp³-hybridized carbons (Fsp3) is 0.571. The van der Waals surface area contributed by atoms with Crippen LogP contribution in [0.4, 0.5) is 0 Å². The predicted octanol–water partition coefficient (Wildman–Crippen LogP) is 3.40. The maximum absolute atomic E-state index is 3.44. The van der Waals surface area contributed by atoms with Crippen LogP contribution >= 0.6 is 0 Å². The minimum absolute atomic E-state index is 0.672. The van der Waals surface area contributed by atoms with E-state index in [4.69, 9.17) is 0 Å². The Hall–Kier alpha value is -0.820. The number of unbranched alkanes of at least 4 members (excludes halogenated alkanes) is 1. The van der Waals surface area contributed by atoms with Crippen molar-refractivity contribution in [2.75, 3.05) is 6.54 Å². The maximum Gasteiger partial charge on any atom is 0.00386 e. The van der Waals surface area contributed by atoms with Crippen molar-refractivity contribution in [2.24, 2.45) is 0 Å². The maximum atomic E-state index is 3.44. The van der Waals surface area contributed by atoms with E-state index in [1.54, 1.807) is 0 Å². The minimum Gasteiger partial charge on any atom is -0.315 e. The van der Waals surface area contributed by atoms with Crippen LogP contribution in [-0.4, -0.2) is 12.6 Å². The Balaban J connectivity index is 2.07. The van der Waals surface area contributed by atoms with Gasteiger partial charge in [0, 0.05) is 6.04 Å². The van der Waals surface area contributed by atoms with Crippen LogP contribution < -0.4 is 5.32 Å². The highest BCUT2D eigenvalue weighted by molar-refractivity contribution is 5.14. The lowest BCUT2D eigenvalue weighted by atomic mass is 10.1. The summed E-state index contributed by atoms with van der Waals surface area (Å²) in [7, 11) is 0. The van der Waals surface area contributed by atoms with Crippen molar-refractivity contribution in [2.45, 2.75) is 45.6 Å². The van der Waals surface area contributed by atoms with E-state index in [0.29, 0.717) is 6.04 Å². The summed E-state index contributed by atoms with van der Waals surface area (Å²) in [6.45, 7) is 5.52. The van der Waals surface area contributed by atoms with Gasteiger partial charge in [0.25, 0.3) is 0 Å². The second-order valence-corrected chi connectivity index (χ2v) is 4.19. The largest absolute Gasteiger partial charge is 0.315 e. The number of rotatable bonds is 7. The topological polar surface area (TPSA) is 12.0 Å². The van der Waals surface area contributed by atoms with Gasteiger partial charge in [0.05, 0.1) is 0 Å². The van der Waals surface area contributed by atoms with Gasteiger partial charge in [-0.2, -0.15) is 0 Å². The van der Waals surface area contributed by atoms with E-state index < -0.39 is 0 Å². The Kier molecular flexibility index (Phi) is 6.10. The fourth-order valence-electron chi connectivity index (χ4n) is 1.87. The molecule has 0 bridgehead atoms. The highest BCUT2D eigenvalue weighted by Gasteiger charge is 1.99. The van der Waals surface area contributed by atoms with Crippen molar-refractivity contribution in [1.29, 1.82) is 0 Å². The summed E-state index contributed by atoms with van der Waals surface area (Å²) in [4.78, 5) is 0. The first-order chi connectivity index (χ1) is 7.33. The van der Waals surface area contributed by atoms with Crippen LogP contribution in [0.15, 0.2) is 30.3 Å². The van der Waals surface area contributed by atoms with E-state index in [9.17, 15) is 0 Å². The molecule has 0 fully saturated rings. The zero-order chi connectivity index (χ0) is 10.9. The van der Waals surface area contributed by atoms with Crippen LogP contribution in [0.5, 0.6) is 0 Å². The van der Waals surface area contributed by atoms with Crippen molar-refractivity contribution < 1.29 is 0 Å². The van der Waals surface area contributed by atoms with Crippen LogP contribution in [-0.2, 0) is 6.42 Å². The van der Waals surface area contributed by atoms with Crippen LogP contribution in [0, 0.1) is 0 Å². The van der Waals surface area contributed by atoms with Crippen molar-refractivity contribution in [3.05, 3.63) is 35.9 Å². The van der Waals surface area contributed by atoms with Gasteiger partial charge in [-0.25, -0.2) is 0 Å². The van der Waals surface area contributed by atoms with Gasteiger partial charge < -0.3 is 5.32 Å². The summed E-state index contributed by atoms with van der Waals surface area (Å²) in [6, 6.07) is 11.4. The summed E-state index contributed by atoms with van der Waals surface area (Å²) in [5.41, 5.74) is 1.47. The van der Waals surface area contributed by atoms with E-state index in [1.807, 2.05) is 0 Å². The molecule has 0 heterocycles. The molecule has 0 saturated heterocycles. The molecule has 84 valence electrons. The molecule has 1 nitrogen and oxygen atoms in total. The van der Waals surface area contributed by atoms with Gasteiger partial charge in [-0.1, -0.05) is 43.7 Å². The standard InChI is InChI=1S/C14H23N/c1-3-15-13(2)9-7-8-12-14-10-5-4-6-11-14/h4-6,10-11,13,15H,3,7-9,12H2,1-2H3. The Morgan fingerprint density at radius 1 is 1.13 bits per heavy atom. The molecule has 1 aromatic rings. The van der Waals surface area contributed by atoms with Crippen molar-refractivity contribution in [3.8, 4) is 0 Å². The summed E-state index contributed by atoms with van der Waals surface area (Å²) in [5, 5.41) is 3.44. The summed E-state index contributed by atoms with van der Waals surface area (Å²) in [5.74, 6) is 0. The molecule has 0 spiro atoms. The molecule has 1 atom stereocenters. The third kappa shape index (κ3) is 5.58. The second-order valence-electron chi connectivity index (χ2n) is 4.19. The van der Waals surface area contributed by atoms with Crippen LogP contribution in [0.1, 0.15) is 38.7 Å². The van der Waals surface area contributed by atoms with Crippen LogP contribution in [0.2, 0.25) is 0 Å². The van der Waals surface area contributed by atoms with Gasteiger partial charge in [0.1, 0.15) is 0 Å². The number of aryl methyl sites for hydroxylation is 1. The molecule has 0 radical (unpaired) electrons. The zero-order valence-corrected chi connectivity index (χ0v) is 10.00. The Labute approximate surface area is 93.9 Å². The summed E-state index contributed by atoms with van der Waals surface area (Å²) < 4.78 is 0. The molecule has 0 amide bonds. The monoisotopic (exact) mass is 205 g/mol. The molecule has 0 aromatic heterocycles. The summed E-state index contributed by atoms with van der Waals surface area (Å²) in [6.07, 6.45) is 5.14. The van der Waals surface area contributed by atoms with Gasteiger partial charge in [-0.05, 0) is 38.3 Å².